The summed E-state index contributed by atoms with van der Waals surface area (Å²) in [4.78, 5) is 14.3. The van der Waals surface area contributed by atoms with Crippen molar-refractivity contribution in [2.45, 2.75) is 31.7 Å². The molecule has 1 amide bonds. The van der Waals surface area contributed by atoms with Gasteiger partial charge in [0.25, 0.3) is 0 Å². The van der Waals surface area contributed by atoms with Crippen molar-refractivity contribution >= 4 is 11.6 Å². The molecule has 0 aliphatic heterocycles. The molecule has 0 saturated heterocycles. The number of para-hydroxylation sites is 1. The second-order valence-electron chi connectivity index (χ2n) is 4.99. The molecule has 0 radical (unpaired) electrons. The highest BCUT2D eigenvalue weighted by Gasteiger charge is 2.25. The summed E-state index contributed by atoms with van der Waals surface area (Å²) in [5.74, 6) is 0.163. The lowest BCUT2D eigenvalue weighted by atomic mass is 10.2. The average Bonchev–Trinajstić information content (AvgIpc) is 2.97. The number of anilines is 1. The van der Waals surface area contributed by atoms with Gasteiger partial charge in [0.1, 0.15) is 0 Å². The number of amides is 1. The molecular formula is C16H22N2O. The maximum atomic E-state index is 12.3. The topological polar surface area (TPSA) is 32.3 Å². The van der Waals surface area contributed by atoms with Crippen LogP contribution >= 0.6 is 0 Å². The molecule has 0 unspecified atom stereocenters. The molecule has 1 N–H and O–H groups in total. The number of rotatable bonds is 6. The van der Waals surface area contributed by atoms with Crippen LogP contribution in [0.4, 0.5) is 5.69 Å². The number of benzene rings is 1. The summed E-state index contributed by atoms with van der Waals surface area (Å²) in [6.45, 7) is 4.77. The highest BCUT2D eigenvalue weighted by molar-refractivity contribution is 5.81. The van der Waals surface area contributed by atoms with E-state index in [9.17, 15) is 4.79 Å². The fraction of sp³-hybridized carbons (Fsp3) is 0.438. The van der Waals surface area contributed by atoms with Crippen molar-refractivity contribution in [3.63, 3.8) is 0 Å². The summed E-state index contributed by atoms with van der Waals surface area (Å²) in [7, 11) is 0. The SMILES string of the molecule is C=CCN(C(=O)CNc1ccccc1)C1CCCC1. The maximum absolute atomic E-state index is 12.3. The largest absolute Gasteiger partial charge is 0.376 e. The van der Waals surface area contributed by atoms with Crippen molar-refractivity contribution in [1.82, 2.24) is 4.90 Å². The third-order valence-electron chi connectivity index (χ3n) is 3.63. The summed E-state index contributed by atoms with van der Waals surface area (Å²) in [6, 6.07) is 10.2. The minimum absolute atomic E-state index is 0.163. The van der Waals surface area contributed by atoms with Crippen LogP contribution in [0.3, 0.4) is 0 Å². The highest BCUT2D eigenvalue weighted by atomic mass is 16.2. The number of carbonyl (C=O) groups excluding carboxylic acids is 1. The molecule has 1 aliphatic carbocycles. The van der Waals surface area contributed by atoms with Crippen LogP contribution in [0.25, 0.3) is 0 Å². The zero-order chi connectivity index (χ0) is 13.5. The second-order valence-corrected chi connectivity index (χ2v) is 4.99. The minimum atomic E-state index is 0.163. The molecule has 0 spiro atoms. The van der Waals surface area contributed by atoms with Crippen LogP contribution in [-0.2, 0) is 4.79 Å². The molecule has 3 nitrogen and oxygen atoms in total. The van der Waals surface area contributed by atoms with E-state index in [2.05, 4.69) is 11.9 Å². The van der Waals surface area contributed by atoms with Gasteiger partial charge in [-0.05, 0) is 25.0 Å². The Morgan fingerprint density at radius 2 is 2.00 bits per heavy atom. The van der Waals surface area contributed by atoms with Crippen LogP contribution in [0, 0.1) is 0 Å². The molecule has 3 heteroatoms. The first-order chi connectivity index (χ1) is 9.31. The van der Waals surface area contributed by atoms with Crippen LogP contribution in [-0.4, -0.2) is 29.9 Å². The van der Waals surface area contributed by atoms with Crippen LogP contribution in [0.1, 0.15) is 25.7 Å². The Morgan fingerprint density at radius 3 is 2.63 bits per heavy atom. The summed E-state index contributed by atoms with van der Waals surface area (Å²) in [6.07, 6.45) is 6.55. The monoisotopic (exact) mass is 258 g/mol. The fourth-order valence-corrected chi connectivity index (χ4v) is 2.64. The van der Waals surface area contributed by atoms with Crippen molar-refractivity contribution < 1.29 is 4.79 Å². The Hall–Kier alpha value is -1.77. The summed E-state index contributed by atoms with van der Waals surface area (Å²) in [5, 5.41) is 3.18. The highest BCUT2D eigenvalue weighted by Crippen LogP contribution is 2.23. The van der Waals surface area contributed by atoms with Crippen LogP contribution in [0.15, 0.2) is 43.0 Å². The van der Waals surface area contributed by atoms with E-state index in [0.717, 1.165) is 18.5 Å². The second kappa shape index (κ2) is 6.98. The molecule has 1 saturated carbocycles. The Morgan fingerprint density at radius 1 is 1.32 bits per heavy atom. The number of nitrogens with one attached hydrogen (secondary N) is 1. The normalized spacial score (nSPS) is 15.2. The van der Waals surface area contributed by atoms with Crippen molar-refractivity contribution in [3.05, 3.63) is 43.0 Å². The van der Waals surface area contributed by atoms with Gasteiger partial charge in [-0.3, -0.25) is 4.79 Å². The third kappa shape index (κ3) is 3.85. The molecule has 1 aromatic carbocycles. The van der Waals surface area contributed by atoms with Gasteiger partial charge in [0.15, 0.2) is 0 Å². The summed E-state index contributed by atoms with van der Waals surface area (Å²) < 4.78 is 0. The van der Waals surface area contributed by atoms with E-state index < -0.39 is 0 Å². The van der Waals surface area contributed by atoms with Gasteiger partial charge in [0.2, 0.25) is 5.91 Å². The Labute approximate surface area is 115 Å². The standard InChI is InChI=1S/C16H22N2O/c1-2-12-18(15-10-6-7-11-15)16(19)13-17-14-8-4-3-5-9-14/h2-5,8-9,15,17H,1,6-7,10-13H2. The molecule has 1 aliphatic rings. The quantitative estimate of drug-likeness (QED) is 0.795. The van der Waals surface area contributed by atoms with Gasteiger partial charge in [-0.15, -0.1) is 6.58 Å². The molecule has 1 fully saturated rings. The number of carbonyl (C=O) groups is 1. The molecule has 0 atom stereocenters. The fourth-order valence-electron chi connectivity index (χ4n) is 2.64. The van der Waals surface area contributed by atoms with Gasteiger partial charge in [-0.25, -0.2) is 0 Å². The predicted octanol–water partition coefficient (Wildman–Crippen LogP) is 3.06. The first-order valence-corrected chi connectivity index (χ1v) is 7.00. The number of hydrogen-bond acceptors (Lipinski definition) is 2. The van der Waals surface area contributed by atoms with Crippen molar-refractivity contribution in [1.29, 1.82) is 0 Å². The molecule has 0 bridgehead atoms. The first kappa shape index (κ1) is 13.7. The Bertz CT molecular complexity index is 410. The number of hydrogen-bond donors (Lipinski definition) is 1. The van der Waals surface area contributed by atoms with Crippen LogP contribution < -0.4 is 5.32 Å². The van der Waals surface area contributed by atoms with Crippen molar-refractivity contribution in [2.24, 2.45) is 0 Å². The van der Waals surface area contributed by atoms with E-state index in [-0.39, 0.29) is 5.91 Å². The lowest BCUT2D eigenvalue weighted by molar-refractivity contribution is -0.130. The van der Waals surface area contributed by atoms with Gasteiger partial charge >= 0.3 is 0 Å². The third-order valence-corrected chi connectivity index (χ3v) is 3.63. The zero-order valence-corrected chi connectivity index (χ0v) is 11.3. The predicted molar refractivity (Wildman–Crippen MR) is 79.1 cm³/mol. The summed E-state index contributed by atoms with van der Waals surface area (Å²) in [5.41, 5.74) is 0.987. The van der Waals surface area contributed by atoms with Gasteiger partial charge in [0.05, 0.1) is 6.54 Å². The maximum Gasteiger partial charge on any atom is 0.242 e. The molecule has 0 aromatic heterocycles. The van der Waals surface area contributed by atoms with E-state index in [1.54, 1.807) is 0 Å². The van der Waals surface area contributed by atoms with Gasteiger partial charge in [-0.2, -0.15) is 0 Å². The van der Waals surface area contributed by atoms with E-state index in [0.29, 0.717) is 19.1 Å². The lowest BCUT2D eigenvalue weighted by Crippen LogP contribution is -2.42. The molecule has 2 rings (SSSR count). The first-order valence-electron chi connectivity index (χ1n) is 7.00. The molecular weight excluding hydrogens is 236 g/mol. The van der Waals surface area contributed by atoms with Crippen molar-refractivity contribution in [2.75, 3.05) is 18.4 Å². The van der Waals surface area contributed by atoms with Gasteiger partial charge < -0.3 is 10.2 Å². The van der Waals surface area contributed by atoms with E-state index in [1.165, 1.54) is 12.8 Å². The van der Waals surface area contributed by atoms with Gasteiger partial charge in [0, 0.05) is 18.3 Å². The Balaban J connectivity index is 1.90. The van der Waals surface area contributed by atoms with Crippen LogP contribution in [0.5, 0.6) is 0 Å². The van der Waals surface area contributed by atoms with E-state index in [4.69, 9.17) is 0 Å². The average molecular weight is 258 g/mol. The molecule has 102 valence electrons. The van der Waals surface area contributed by atoms with E-state index in [1.807, 2.05) is 41.3 Å². The van der Waals surface area contributed by atoms with Gasteiger partial charge in [-0.1, -0.05) is 37.1 Å². The summed E-state index contributed by atoms with van der Waals surface area (Å²) >= 11 is 0. The van der Waals surface area contributed by atoms with Crippen molar-refractivity contribution in [3.8, 4) is 0 Å². The number of nitrogens with zero attached hydrogens (tertiary/aromatic N) is 1. The molecule has 19 heavy (non-hydrogen) atoms. The Kier molecular flexibility index (Phi) is 5.01. The minimum Gasteiger partial charge on any atom is -0.376 e. The lowest BCUT2D eigenvalue weighted by Gasteiger charge is -2.28. The smallest absolute Gasteiger partial charge is 0.242 e. The van der Waals surface area contributed by atoms with Crippen LogP contribution in [0.2, 0.25) is 0 Å². The zero-order valence-electron chi connectivity index (χ0n) is 11.3. The molecule has 0 heterocycles. The molecule has 1 aromatic rings. The van der Waals surface area contributed by atoms with E-state index >= 15 is 0 Å².